The van der Waals surface area contributed by atoms with Gasteiger partial charge in [0.05, 0.1) is 25.5 Å². The molecule has 1 aromatic heterocycles. The van der Waals surface area contributed by atoms with Crippen molar-refractivity contribution in [2.75, 3.05) is 33.4 Å². The summed E-state index contributed by atoms with van der Waals surface area (Å²) >= 11 is 0. The third-order valence-corrected chi connectivity index (χ3v) is 6.53. The van der Waals surface area contributed by atoms with Crippen LogP contribution in [0.4, 0.5) is 4.39 Å². The minimum absolute atomic E-state index is 0.0850. The molecule has 1 saturated heterocycles. The smallest absolute Gasteiger partial charge is 0.165 e. The summed E-state index contributed by atoms with van der Waals surface area (Å²) in [7, 11) is 1.65. The number of methoxy groups -OCH3 is 1. The Labute approximate surface area is 212 Å². The van der Waals surface area contributed by atoms with Gasteiger partial charge in [-0.15, -0.1) is 0 Å². The molecule has 8 heteroatoms. The molecule has 1 fully saturated rings. The highest BCUT2D eigenvalue weighted by Gasteiger charge is 2.31. The normalized spacial score (nSPS) is 18.6. The number of likely N-dealkylation sites (tertiary alicyclic amines) is 1. The Morgan fingerprint density at radius 1 is 1.06 bits per heavy atom. The molecule has 4 rings (SSSR count). The third kappa shape index (κ3) is 7.21. The van der Waals surface area contributed by atoms with Crippen molar-refractivity contribution < 1.29 is 23.7 Å². The van der Waals surface area contributed by atoms with Crippen LogP contribution in [0.5, 0.6) is 17.2 Å². The first-order chi connectivity index (χ1) is 17.4. The number of benzene rings is 2. The van der Waals surface area contributed by atoms with E-state index in [1.807, 2.05) is 36.1 Å². The van der Waals surface area contributed by atoms with Crippen molar-refractivity contribution in [3.63, 3.8) is 0 Å². The molecule has 1 aliphatic heterocycles. The van der Waals surface area contributed by atoms with E-state index in [-0.39, 0.29) is 12.4 Å². The van der Waals surface area contributed by atoms with Crippen LogP contribution in [0.1, 0.15) is 36.8 Å². The molecule has 1 atom stereocenters. The molecule has 194 valence electrons. The first kappa shape index (κ1) is 26.0. The van der Waals surface area contributed by atoms with Crippen LogP contribution in [0.25, 0.3) is 0 Å². The second-order valence-corrected chi connectivity index (χ2v) is 9.54. The second-order valence-electron chi connectivity index (χ2n) is 9.54. The predicted octanol–water partition coefficient (Wildman–Crippen LogP) is 4.60. The number of hydrogen-bond acceptors (Lipinski definition) is 6. The van der Waals surface area contributed by atoms with E-state index in [1.165, 1.54) is 6.07 Å². The van der Waals surface area contributed by atoms with Gasteiger partial charge in [-0.05, 0) is 68.1 Å². The Kier molecular flexibility index (Phi) is 8.83. The zero-order chi connectivity index (χ0) is 25.4. The van der Waals surface area contributed by atoms with Crippen molar-refractivity contribution in [3.8, 4) is 17.2 Å². The van der Waals surface area contributed by atoms with Crippen molar-refractivity contribution in [1.29, 1.82) is 0 Å². The van der Waals surface area contributed by atoms with Crippen molar-refractivity contribution in [3.05, 3.63) is 71.8 Å². The van der Waals surface area contributed by atoms with E-state index in [9.17, 15) is 9.50 Å². The number of hydrogen-bond donors (Lipinski definition) is 1. The maximum absolute atomic E-state index is 13.9. The number of aliphatic hydroxyl groups is 1. The Morgan fingerprint density at radius 2 is 1.92 bits per heavy atom. The largest absolute Gasteiger partial charge is 0.493 e. The molecule has 0 radical (unpaired) electrons. The number of halogens is 1. The predicted molar refractivity (Wildman–Crippen MR) is 136 cm³/mol. The molecule has 36 heavy (non-hydrogen) atoms. The van der Waals surface area contributed by atoms with Gasteiger partial charge < -0.3 is 19.3 Å². The summed E-state index contributed by atoms with van der Waals surface area (Å²) in [5.41, 5.74) is 1.30. The Hall–Kier alpha value is -3.10. The summed E-state index contributed by atoms with van der Waals surface area (Å²) in [5, 5.41) is 15.4. The van der Waals surface area contributed by atoms with E-state index in [2.05, 4.69) is 16.1 Å². The minimum atomic E-state index is -0.971. The number of rotatable bonds is 11. The Balaban J connectivity index is 1.26. The van der Waals surface area contributed by atoms with Crippen LogP contribution in [0.15, 0.2) is 54.9 Å². The van der Waals surface area contributed by atoms with Gasteiger partial charge >= 0.3 is 0 Å². The Morgan fingerprint density at radius 3 is 2.69 bits per heavy atom. The van der Waals surface area contributed by atoms with E-state index in [1.54, 1.807) is 25.3 Å². The quantitative estimate of drug-likeness (QED) is 0.391. The third-order valence-electron chi connectivity index (χ3n) is 6.53. The van der Waals surface area contributed by atoms with E-state index in [0.29, 0.717) is 25.2 Å². The van der Waals surface area contributed by atoms with Crippen LogP contribution in [0.2, 0.25) is 0 Å². The van der Waals surface area contributed by atoms with Crippen LogP contribution < -0.4 is 14.2 Å². The molecule has 2 aromatic carbocycles. The zero-order valence-electron chi connectivity index (χ0n) is 21.2. The SMILES string of the molecule is COc1cc(CN2CCCC(O)(COc3ccccc3F)CC2)ccc1OCCCn1cc(C)cn1. The molecule has 2 heterocycles. The van der Waals surface area contributed by atoms with Crippen molar-refractivity contribution in [2.24, 2.45) is 0 Å². The first-order valence-corrected chi connectivity index (χ1v) is 12.5. The second kappa shape index (κ2) is 12.2. The average Bonchev–Trinajstić information content (AvgIpc) is 3.20. The summed E-state index contributed by atoms with van der Waals surface area (Å²) < 4.78 is 33.0. The van der Waals surface area contributed by atoms with E-state index in [4.69, 9.17) is 14.2 Å². The lowest BCUT2D eigenvalue weighted by Gasteiger charge is -2.27. The molecular weight excluding hydrogens is 461 g/mol. The fourth-order valence-corrected chi connectivity index (χ4v) is 4.50. The molecule has 0 saturated carbocycles. The standard InChI is InChI=1S/C28H36FN3O4/c1-22-18-30-32(19-22)14-6-16-35-26-10-9-23(17-27(26)34-2)20-31-13-5-11-28(33,12-15-31)21-36-25-8-4-3-7-24(25)29/h3-4,7-10,17-19,33H,5-6,11-16,20-21H2,1-2H3. The summed E-state index contributed by atoms with van der Waals surface area (Å²) in [5.74, 6) is 1.21. The van der Waals surface area contributed by atoms with E-state index in [0.717, 1.165) is 55.9 Å². The highest BCUT2D eigenvalue weighted by molar-refractivity contribution is 5.43. The lowest BCUT2D eigenvalue weighted by Crippen LogP contribution is -2.37. The van der Waals surface area contributed by atoms with Gasteiger partial charge in [0.1, 0.15) is 6.61 Å². The van der Waals surface area contributed by atoms with E-state index >= 15 is 0 Å². The van der Waals surface area contributed by atoms with Gasteiger partial charge in [0, 0.05) is 32.3 Å². The summed E-state index contributed by atoms with van der Waals surface area (Å²) in [6.07, 6.45) is 6.75. The lowest BCUT2D eigenvalue weighted by atomic mass is 9.96. The van der Waals surface area contributed by atoms with Gasteiger partial charge in [0.15, 0.2) is 23.1 Å². The van der Waals surface area contributed by atoms with Gasteiger partial charge in [-0.1, -0.05) is 18.2 Å². The summed E-state index contributed by atoms with van der Waals surface area (Å²) in [6, 6.07) is 12.3. The number of aryl methyl sites for hydroxylation is 2. The molecule has 7 nitrogen and oxygen atoms in total. The van der Waals surface area contributed by atoms with Crippen LogP contribution in [0, 0.1) is 12.7 Å². The molecule has 1 unspecified atom stereocenters. The highest BCUT2D eigenvalue weighted by atomic mass is 19.1. The number of aromatic nitrogens is 2. The maximum Gasteiger partial charge on any atom is 0.165 e. The Bertz CT molecular complexity index is 1120. The number of nitrogens with zero attached hydrogens (tertiary/aromatic N) is 3. The molecule has 1 N–H and O–H groups in total. The zero-order valence-corrected chi connectivity index (χ0v) is 21.2. The van der Waals surface area contributed by atoms with E-state index < -0.39 is 11.4 Å². The molecule has 0 spiro atoms. The van der Waals surface area contributed by atoms with Gasteiger partial charge in [0.25, 0.3) is 0 Å². The maximum atomic E-state index is 13.9. The molecule has 0 bridgehead atoms. The summed E-state index contributed by atoms with van der Waals surface area (Å²) in [6.45, 7) is 5.84. The average molecular weight is 498 g/mol. The molecular formula is C28H36FN3O4. The van der Waals surface area contributed by atoms with Gasteiger partial charge in [0.2, 0.25) is 0 Å². The lowest BCUT2D eigenvalue weighted by molar-refractivity contribution is -0.0177. The van der Waals surface area contributed by atoms with Crippen molar-refractivity contribution >= 4 is 0 Å². The van der Waals surface area contributed by atoms with Gasteiger partial charge in [-0.2, -0.15) is 5.10 Å². The van der Waals surface area contributed by atoms with Crippen LogP contribution in [0.3, 0.4) is 0 Å². The number of para-hydroxylation sites is 1. The number of ether oxygens (including phenoxy) is 3. The topological polar surface area (TPSA) is 69.0 Å². The van der Waals surface area contributed by atoms with Crippen LogP contribution >= 0.6 is 0 Å². The molecule has 0 aliphatic carbocycles. The summed E-state index contributed by atoms with van der Waals surface area (Å²) in [4.78, 5) is 2.32. The monoisotopic (exact) mass is 497 g/mol. The van der Waals surface area contributed by atoms with Crippen LogP contribution in [-0.2, 0) is 13.1 Å². The fraction of sp³-hybridized carbons (Fsp3) is 0.464. The first-order valence-electron chi connectivity index (χ1n) is 12.5. The minimum Gasteiger partial charge on any atom is -0.493 e. The van der Waals surface area contributed by atoms with Crippen LogP contribution in [-0.4, -0.2) is 58.8 Å². The van der Waals surface area contributed by atoms with Crippen molar-refractivity contribution in [2.45, 2.75) is 51.3 Å². The van der Waals surface area contributed by atoms with Crippen molar-refractivity contribution in [1.82, 2.24) is 14.7 Å². The fourth-order valence-electron chi connectivity index (χ4n) is 4.50. The van der Waals surface area contributed by atoms with Gasteiger partial charge in [-0.3, -0.25) is 9.58 Å². The molecule has 1 aliphatic rings. The highest BCUT2D eigenvalue weighted by Crippen LogP contribution is 2.30. The molecule has 3 aromatic rings. The van der Waals surface area contributed by atoms with Gasteiger partial charge in [-0.25, -0.2) is 4.39 Å². The molecule has 0 amide bonds.